The van der Waals surface area contributed by atoms with Crippen LogP contribution < -0.4 is 0 Å². The molecule has 0 aromatic heterocycles. The summed E-state index contributed by atoms with van der Waals surface area (Å²) in [5.41, 5.74) is 0. The zero-order valence-corrected chi connectivity index (χ0v) is 13.8. The van der Waals surface area contributed by atoms with E-state index in [1.54, 1.807) is 0 Å². The van der Waals surface area contributed by atoms with Crippen LogP contribution in [0, 0.1) is 0 Å². The van der Waals surface area contributed by atoms with Crippen LogP contribution in [-0.4, -0.2) is 36.2 Å². The van der Waals surface area contributed by atoms with Gasteiger partial charge in [-0.05, 0) is 27.4 Å². The predicted molar refractivity (Wildman–Crippen MR) is 85.6 cm³/mol. The van der Waals surface area contributed by atoms with E-state index >= 15 is 0 Å². The summed E-state index contributed by atoms with van der Waals surface area (Å²) in [5, 5.41) is 9.68. The number of hydrogen-bond acceptors (Lipinski definition) is 2. The van der Waals surface area contributed by atoms with Crippen molar-refractivity contribution in [2.24, 2.45) is 0 Å². The highest BCUT2D eigenvalue weighted by atomic mass is 16.3. The Morgan fingerprint density at radius 1 is 0.789 bits per heavy atom. The van der Waals surface area contributed by atoms with Gasteiger partial charge in [-0.2, -0.15) is 0 Å². The van der Waals surface area contributed by atoms with E-state index in [1.807, 2.05) is 6.92 Å². The summed E-state index contributed by atoms with van der Waals surface area (Å²) < 4.78 is 0. The number of unbranched alkanes of at least 4 members (excludes halogenated alkanes) is 9. The fourth-order valence-corrected chi connectivity index (χ4v) is 2.77. The Balaban J connectivity index is 3.30. The number of nitrogens with zero attached hydrogens (tertiary/aromatic N) is 1. The van der Waals surface area contributed by atoms with Gasteiger partial charge in [0, 0.05) is 6.04 Å². The van der Waals surface area contributed by atoms with E-state index in [4.69, 9.17) is 0 Å². The summed E-state index contributed by atoms with van der Waals surface area (Å²) in [6, 6.07) is 0.328. The van der Waals surface area contributed by atoms with Crippen molar-refractivity contribution in [2.75, 3.05) is 14.1 Å². The highest BCUT2D eigenvalue weighted by Crippen LogP contribution is 2.14. The molecule has 0 aromatic rings. The van der Waals surface area contributed by atoms with Crippen molar-refractivity contribution in [3.8, 4) is 0 Å². The molecular formula is C17H37NO. The van der Waals surface area contributed by atoms with Gasteiger partial charge in [0.05, 0.1) is 6.10 Å². The van der Waals surface area contributed by atoms with Crippen LogP contribution in [0.15, 0.2) is 0 Å². The third-order valence-electron chi connectivity index (χ3n) is 4.07. The minimum absolute atomic E-state index is 0.214. The third kappa shape index (κ3) is 11.4. The lowest BCUT2D eigenvalue weighted by molar-refractivity contribution is 0.0834. The molecular weight excluding hydrogens is 234 g/mol. The molecule has 0 amide bonds. The molecule has 0 rings (SSSR count). The Hall–Kier alpha value is -0.0800. The van der Waals surface area contributed by atoms with Crippen molar-refractivity contribution in [3.05, 3.63) is 0 Å². The van der Waals surface area contributed by atoms with Crippen molar-refractivity contribution in [3.63, 3.8) is 0 Å². The van der Waals surface area contributed by atoms with E-state index in [-0.39, 0.29) is 6.10 Å². The lowest BCUT2D eigenvalue weighted by Gasteiger charge is -2.26. The number of rotatable bonds is 13. The smallest absolute Gasteiger partial charge is 0.0667 e. The maximum Gasteiger partial charge on any atom is 0.0667 e. The van der Waals surface area contributed by atoms with Gasteiger partial charge in [-0.1, -0.05) is 71.1 Å². The molecule has 0 fully saturated rings. The van der Waals surface area contributed by atoms with Gasteiger partial charge in [-0.25, -0.2) is 0 Å². The average Bonchev–Trinajstić information content (AvgIpc) is 2.35. The second-order valence-electron chi connectivity index (χ2n) is 6.24. The molecule has 19 heavy (non-hydrogen) atoms. The Kier molecular flexibility index (Phi) is 12.9. The molecule has 2 unspecified atom stereocenters. The second-order valence-corrected chi connectivity index (χ2v) is 6.24. The van der Waals surface area contributed by atoms with E-state index in [0.717, 1.165) is 6.42 Å². The molecule has 0 saturated carbocycles. The topological polar surface area (TPSA) is 23.5 Å². The monoisotopic (exact) mass is 271 g/mol. The Morgan fingerprint density at radius 2 is 1.21 bits per heavy atom. The first-order chi connectivity index (χ1) is 9.09. The Morgan fingerprint density at radius 3 is 1.58 bits per heavy atom. The molecule has 0 aromatic carbocycles. The Bertz CT molecular complexity index is 172. The fraction of sp³-hybridized carbons (Fsp3) is 1.00. The predicted octanol–water partition coefficient (Wildman–Crippen LogP) is 4.61. The van der Waals surface area contributed by atoms with Crippen LogP contribution >= 0.6 is 0 Å². The number of aliphatic hydroxyl groups is 1. The van der Waals surface area contributed by atoms with Gasteiger partial charge in [-0.3, -0.25) is 0 Å². The molecule has 0 heterocycles. The number of likely N-dealkylation sites (N-methyl/N-ethyl adjacent to an activating group) is 1. The first-order valence-electron chi connectivity index (χ1n) is 8.44. The molecule has 116 valence electrons. The molecule has 0 aliphatic rings. The molecule has 2 heteroatoms. The summed E-state index contributed by atoms with van der Waals surface area (Å²) in [6.07, 6.45) is 14.7. The van der Waals surface area contributed by atoms with Gasteiger partial charge >= 0.3 is 0 Å². The van der Waals surface area contributed by atoms with E-state index in [9.17, 15) is 5.11 Å². The molecule has 2 nitrogen and oxygen atoms in total. The highest BCUT2D eigenvalue weighted by Gasteiger charge is 2.16. The second kappa shape index (κ2) is 12.9. The summed E-state index contributed by atoms with van der Waals surface area (Å²) in [7, 11) is 4.13. The van der Waals surface area contributed by atoms with E-state index in [2.05, 4.69) is 25.9 Å². The lowest BCUT2D eigenvalue weighted by Crippen LogP contribution is -2.37. The van der Waals surface area contributed by atoms with Crippen LogP contribution in [0.4, 0.5) is 0 Å². The van der Waals surface area contributed by atoms with Crippen LogP contribution in [-0.2, 0) is 0 Å². The molecule has 1 N–H and O–H groups in total. The Labute approximate surface area is 121 Å². The zero-order valence-electron chi connectivity index (χ0n) is 13.8. The minimum atomic E-state index is -0.214. The van der Waals surface area contributed by atoms with Crippen molar-refractivity contribution >= 4 is 0 Å². The number of aliphatic hydroxyl groups excluding tert-OH is 1. The average molecular weight is 271 g/mol. The van der Waals surface area contributed by atoms with Gasteiger partial charge < -0.3 is 10.0 Å². The van der Waals surface area contributed by atoms with E-state index in [0.29, 0.717) is 6.04 Å². The van der Waals surface area contributed by atoms with Crippen molar-refractivity contribution < 1.29 is 5.11 Å². The summed E-state index contributed by atoms with van der Waals surface area (Å²) >= 11 is 0. The van der Waals surface area contributed by atoms with Crippen LogP contribution in [0.1, 0.15) is 84.5 Å². The quantitative estimate of drug-likeness (QED) is 0.495. The van der Waals surface area contributed by atoms with Gasteiger partial charge in [-0.15, -0.1) is 0 Å². The van der Waals surface area contributed by atoms with Gasteiger partial charge in [0.15, 0.2) is 0 Å². The first kappa shape index (κ1) is 18.9. The van der Waals surface area contributed by atoms with Crippen LogP contribution in [0.2, 0.25) is 0 Å². The largest absolute Gasteiger partial charge is 0.392 e. The zero-order chi connectivity index (χ0) is 14.5. The summed E-state index contributed by atoms with van der Waals surface area (Å²) in [6.45, 7) is 4.18. The molecule has 2 atom stereocenters. The lowest BCUT2D eigenvalue weighted by atomic mass is 10.0. The standard InChI is InChI=1S/C17H37NO/c1-5-6-7-8-9-10-11-12-13-14-15-17(16(2)19)18(3)4/h16-17,19H,5-15H2,1-4H3. The third-order valence-corrected chi connectivity index (χ3v) is 4.07. The highest BCUT2D eigenvalue weighted by molar-refractivity contribution is 4.71. The molecule has 0 radical (unpaired) electrons. The van der Waals surface area contributed by atoms with Crippen LogP contribution in [0.3, 0.4) is 0 Å². The number of hydrogen-bond donors (Lipinski definition) is 1. The van der Waals surface area contributed by atoms with Crippen molar-refractivity contribution in [1.82, 2.24) is 4.90 Å². The molecule has 0 bridgehead atoms. The first-order valence-corrected chi connectivity index (χ1v) is 8.44. The molecule has 0 aliphatic carbocycles. The van der Waals surface area contributed by atoms with E-state index < -0.39 is 0 Å². The van der Waals surface area contributed by atoms with E-state index in [1.165, 1.54) is 64.2 Å². The van der Waals surface area contributed by atoms with Crippen molar-refractivity contribution in [1.29, 1.82) is 0 Å². The van der Waals surface area contributed by atoms with Gasteiger partial charge in [0.25, 0.3) is 0 Å². The van der Waals surface area contributed by atoms with Crippen LogP contribution in [0.5, 0.6) is 0 Å². The summed E-state index contributed by atoms with van der Waals surface area (Å²) in [5.74, 6) is 0. The van der Waals surface area contributed by atoms with Crippen molar-refractivity contribution in [2.45, 2.75) is 96.6 Å². The molecule has 0 spiro atoms. The normalized spacial score (nSPS) is 14.8. The molecule has 0 aliphatic heterocycles. The van der Waals surface area contributed by atoms with Gasteiger partial charge in [0.1, 0.15) is 0 Å². The maximum atomic E-state index is 9.68. The summed E-state index contributed by atoms with van der Waals surface area (Å²) in [4.78, 5) is 2.15. The van der Waals surface area contributed by atoms with Crippen LogP contribution in [0.25, 0.3) is 0 Å². The maximum absolute atomic E-state index is 9.68. The minimum Gasteiger partial charge on any atom is -0.392 e. The molecule has 0 saturated heterocycles. The fourth-order valence-electron chi connectivity index (χ4n) is 2.77. The van der Waals surface area contributed by atoms with Gasteiger partial charge in [0.2, 0.25) is 0 Å². The SMILES string of the molecule is CCCCCCCCCCCCC(C(C)O)N(C)C.